The minimum absolute atomic E-state index is 0.00195. The lowest BCUT2D eigenvalue weighted by molar-refractivity contribution is 0.102. The Balaban J connectivity index is 1.77. The first kappa shape index (κ1) is 17.5. The normalized spacial score (nSPS) is 19.4. The van der Waals surface area contributed by atoms with E-state index in [1.54, 1.807) is 6.07 Å². The Morgan fingerprint density at radius 3 is 2.32 bits per heavy atom. The third-order valence-electron chi connectivity index (χ3n) is 3.87. The minimum Gasteiger partial charge on any atom is -0.290 e. The van der Waals surface area contributed by atoms with Crippen LogP contribution in [0, 0.1) is 0 Å². The number of nitrogens with zero attached hydrogens (tertiary/aromatic N) is 2. The second-order valence-electron chi connectivity index (χ2n) is 5.62. The summed E-state index contributed by atoms with van der Waals surface area (Å²) in [5.74, 6) is -0.809. The highest BCUT2D eigenvalue weighted by molar-refractivity contribution is 7.96. The maximum Gasteiger partial charge on any atom is 0.258 e. The molecule has 8 nitrogen and oxygen atoms in total. The van der Waals surface area contributed by atoms with Crippen molar-refractivity contribution >= 4 is 31.5 Å². The monoisotopic (exact) mass is 381 g/mol. The number of carbonyl (C=O) groups is 1. The number of sulfone groups is 2. The van der Waals surface area contributed by atoms with Crippen molar-refractivity contribution in [1.29, 1.82) is 0 Å². The molecule has 1 N–H and O–H groups in total. The summed E-state index contributed by atoms with van der Waals surface area (Å²) < 4.78 is 48.0. The van der Waals surface area contributed by atoms with Crippen molar-refractivity contribution < 1.29 is 21.6 Å². The van der Waals surface area contributed by atoms with Crippen LogP contribution in [-0.4, -0.2) is 49.5 Å². The molecule has 132 valence electrons. The van der Waals surface area contributed by atoms with Crippen molar-refractivity contribution in [2.24, 2.45) is 0 Å². The van der Waals surface area contributed by atoms with E-state index in [-0.39, 0.29) is 34.3 Å². The topological polar surface area (TPSA) is 123 Å². The van der Waals surface area contributed by atoms with Gasteiger partial charge in [-0.05, 0) is 36.8 Å². The number of benzene rings is 1. The van der Waals surface area contributed by atoms with Crippen molar-refractivity contribution in [3.8, 4) is 0 Å². The number of amides is 1. The summed E-state index contributed by atoms with van der Waals surface area (Å²) in [5, 5.41) is 1.56. The van der Waals surface area contributed by atoms with Gasteiger partial charge in [0, 0.05) is 18.0 Å². The van der Waals surface area contributed by atoms with E-state index in [1.165, 1.54) is 36.7 Å². The van der Waals surface area contributed by atoms with Gasteiger partial charge in [-0.3, -0.25) is 10.1 Å². The van der Waals surface area contributed by atoms with Gasteiger partial charge >= 0.3 is 0 Å². The Morgan fingerprint density at radius 1 is 1.12 bits per heavy atom. The lowest BCUT2D eigenvalue weighted by Gasteiger charge is -2.10. The average molecular weight is 381 g/mol. The van der Waals surface area contributed by atoms with E-state index in [4.69, 9.17) is 0 Å². The van der Waals surface area contributed by atoms with Crippen LogP contribution in [0.2, 0.25) is 0 Å². The van der Waals surface area contributed by atoms with Crippen LogP contribution in [0.1, 0.15) is 16.8 Å². The second kappa shape index (κ2) is 6.52. The van der Waals surface area contributed by atoms with Crippen LogP contribution in [0.25, 0.3) is 0 Å². The molecule has 0 saturated carbocycles. The molecule has 10 heteroatoms. The number of hydrogen-bond donors (Lipinski definition) is 1. The molecule has 0 aliphatic carbocycles. The molecule has 0 spiro atoms. The van der Waals surface area contributed by atoms with Crippen molar-refractivity contribution in [1.82, 2.24) is 9.97 Å². The van der Waals surface area contributed by atoms with Crippen molar-refractivity contribution in [3.05, 3.63) is 48.3 Å². The number of anilines is 1. The molecule has 1 aromatic heterocycles. The lowest BCUT2D eigenvalue weighted by Crippen LogP contribution is -2.23. The molecule has 2 aromatic rings. The summed E-state index contributed by atoms with van der Waals surface area (Å²) in [5.41, 5.74) is 0.241. The summed E-state index contributed by atoms with van der Waals surface area (Å²) in [6, 6.07) is 6.96. The molecular formula is C15H15N3O5S2. The first-order chi connectivity index (χ1) is 11.8. The summed E-state index contributed by atoms with van der Waals surface area (Å²) in [7, 11) is -7.05. The average Bonchev–Trinajstić information content (AvgIpc) is 2.96. The van der Waals surface area contributed by atoms with E-state index >= 15 is 0 Å². The largest absolute Gasteiger partial charge is 0.290 e. The highest BCUT2D eigenvalue weighted by Gasteiger charge is 2.37. The lowest BCUT2D eigenvalue weighted by atomic mass is 10.2. The molecule has 1 atom stereocenters. The van der Waals surface area contributed by atoms with Gasteiger partial charge in [0.05, 0.1) is 21.7 Å². The van der Waals surface area contributed by atoms with Crippen LogP contribution in [0.5, 0.6) is 0 Å². The highest BCUT2D eigenvalue weighted by Crippen LogP contribution is 2.25. The van der Waals surface area contributed by atoms with Gasteiger partial charge in [-0.15, -0.1) is 0 Å². The predicted octanol–water partition coefficient (Wildman–Crippen LogP) is 0.690. The Hall–Kier alpha value is -2.33. The predicted molar refractivity (Wildman–Crippen MR) is 90.7 cm³/mol. The summed E-state index contributed by atoms with van der Waals surface area (Å²) >= 11 is 0. The van der Waals surface area contributed by atoms with Crippen LogP contribution >= 0.6 is 0 Å². The Labute approximate surface area is 145 Å². The quantitative estimate of drug-likeness (QED) is 0.826. The molecule has 1 saturated heterocycles. The van der Waals surface area contributed by atoms with Crippen LogP contribution in [0.3, 0.4) is 0 Å². The minimum atomic E-state index is -3.75. The van der Waals surface area contributed by atoms with Gasteiger partial charge in [0.2, 0.25) is 5.95 Å². The highest BCUT2D eigenvalue weighted by atomic mass is 32.2. The summed E-state index contributed by atoms with van der Waals surface area (Å²) in [4.78, 5) is 19.8. The molecule has 1 amide bonds. The van der Waals surface area contributed by atoms with E-state index in [9.17, 15) is 21.6 Å². The Bertz CT molecular complexity index is 987. The van der Waals surface area contributed by atoms with Crippen LogP contribution < -0.4 is 5.32 Å². The third-order valence-corrected chi connectivity index (χ3v) is 8.05. The molecule has 3 rings (SSSR count). The number of rotatable bonds is 4. The first-order valence-electron chi connectivity index (χ1n) is 7.41. The van der Waals surface area contributed by atoms with Crippen molar-refractivity contribution in [2.45, 2.75) is 16.6 Å². The van der Waals surface area contributed by atoms with E-state index in [0.29, 0.717) is 0 Å². The molecule has 0 radical (unpaired) electrons. The first-order valence-corrected chi connectivity index (χ1v) is 10.8. The molecule has 1 fully saturated rings. The maximum absolute atomic E-state index is 12.5. The molecule has 1 unspecified atom stereocenters. The van der Waals surface area contributed by atoms with Gasteiger partial charge in [-0.2, -0.15) is 0 Å². The summed E-state index contributed by atoms with van der Waals surface area (Å²) in [6.07, 6.45) is 3.06. The molecule has 25 heavy (non-hydrogen) atoms. The van der Waals surface area contributed by atoms with Gasteiger partial charge in [0.15, 0.2) is 19.7 Å². The fraction of sp³-hybridized carbons (Fsp3) is 0.267. The second-order valence-corrected chi connectivity index (χ2v) is 10.1. The molecular weight excluding hydrogens is 366 g/mol. The van der Waals surface area contributed by atoms with E-state index in [1.807, 2.05) is 0 Å². The van der Waals surface area contributed by atoms with Crippen molar-refractivity contribution in [3.63, 3.8) is 0 Å². The zero-order valence-electron chi connectivity index (χ0n) is 13.0. The van der Waals surface area contributed by atoms with E-state index in [2.05, 4.69) is 15.3 Å². The van der Waals surface area contributed by atoms with Crippen LogP contribution in [0.15, 0.2) is 47.6 Å². The molecule has 1 aliphatic heterocycles. The SMILES string of the molecule is O=C(Nc1ncccn1)c1ccc(S(=O)(=O)C2CCS(=O)(=O)C2)cc1. The molecule has 0 bridgehead atoms. The van der Waals surface area contributed by atoms with Crippen LogP contribution in [0.4, 0.5) is 5.95 Å². The fourth-order valence-corrected chi connectivity index (χ4v) is 6.89. The maximum atomic E-state index is 12.5. The molecule has 2 heterocycles. The number of nitrogens with one attached hydrogen (secondary N) is 1. The molecule has 1 aromatic carbocycles. The van der Waals surface area contributed by atoms with Crippen molar-refractivity contribution in [2.75, 3.05) is 16.8 Å². The van der Waals surface area contributed by atoms with Crippen LogP contribution in [-0.2, 0) is 19.7 Å². The van der Waals surface area contributed by atoms with E-state index < -0.39 is 30.8 Å². The van der Waals surface area contributed by atoms with Gasteiger partial charge in [0.25, 0.3) is 5.91 Å². The number of hydrogen-bond acceptors (Lipinski definition) is 7. The zero-order valence-corrected chi connectivity index (χ0v) is 14.6. The summed E-state index contributed by atoms with van der Waals surface area (Å²) in [6.45, 7) is 0. The number of carbonyl (C=O) groups excluding carboxylic acids is 1. The zero-order chi connectivity index (χ0) is 18.1. The Kier molecular flexibility index (Phi) is 4.56. The smallest absolute Gasteiger partial charge is 0.258 e. The molecule has 1 aliphatic rings. The Morgan fingerprint density at radius 2 is 1.76 bits per heavy atom. The third kappa shape index (κ3) is 3.85. The van der Waals surface area contributed by atoms with Gasteiger partial charge in [-0.1, -0.05) is 0 Å². The van der Waals surface area contributed by atoms with Gasteiger partial charge < -0.3 is 0 Å². The van der Waals surface area contributed by atoms with Gasteiger partial charge in [-0.25, -0.2) is 26.8 Å². The number of aromatic nitrogens is 2. The van der Waals surface area contributed by atoms with E-state index in [0.717, 1.165) is 0 Å². The fourth-order valence-electron chi connectivity index (χ4n) is 2.53. The standard InChI is InChI=1S/C15H15N3O5S2/c19-14(18-15-16-7-1-8-17-15)11-2-4-12(5-3-11)25(22,23)13-6-9-24(20,21)10-13/h1-5,7-8,13H,6,9-10H2,(H,16,17,18,19). The van der Waals surface area contributed by atoms with Gasteiger partial charge in [0.1, 0.15) is 0 Å².